The summed E-state index contributed by atoms with van der Waals surface area (Å²) >= 11 is 0. The summed E-state index contributed by atoms with van der Waals surface area (Å²) in [5.41, 5.74) is -0.845. The Hall–Kier alpha value is -0.900. The lowest BCUT2D eigenvalue weighted by atomic mass is 9.81. The normalized spacial score (nSPS) is 26.4. The van der Waals surface area contributed by atoms with Crippen molar-refractivity contribution in [3.05, 3.63) is 0 Å². The van der Waals surface area contributed by atoms with Crippen molar-refractivity contribution in [2.45, 2.75) is 84.2 Å². The molecule has 4 heteroatoms. The molecule has 1 aliphatic heterocycles. The van der Waals surface area contributed by atoms with Gasteiger partial charge in [0.25, 0.3) is 0 Å². The average molecular weight is 297 g/mol. The molecule has 2 atom stereocenters. The van der Waals surface area contributed by atoms with Crippen LogP contribution in [0.4, 0.5) is 0 Å². The van der Waals surface area contributed by atoms with Crippen LogP contribution in [0.3, 0.4) is 0 Å². The molecule has 0 aromatic rings. The fourth-order valence-corrected chi connectivity index (χ4v) is 2.98. The number of carbonyl (C=O) groups excluding carboxylic acids is 2. The van der Waals surface area contributed by atoms with E-state index in [9.17, 15) is 9.59 Å². The molecule has 2 unspecified atom stereocenters. The van der Waals surface area contributed by atoms with Gasteiger partial charge in [-0.1, -0.05) is 26.7 Å². The molecular weight excluding hydrogens is 266 g/mol. The summed E-state index contributed by atoms with van der Waals surface area (Å²) in [7, 11) is 0. The van der Waals surface area contributed by atoms with Crippen molar-refractivity contribution >= 4 is 11.8 Å². The molecule has 1 rings (SSSR count). The highest BCUT2D eigenvalue weighted by molar-refractivity contribution is 5.88. The number of esters is 1. The Morgan fingerprint density at radius 3 is 2.52 bits per heavy atom. The maximum absolute atomic E-state index is 12.2. The second-order valence-electron chi connectivity index (χ2n) is 7.09. The Morgan fingerprint density at radius 1 is 1.33 bits per heavy atom. The topological polar surface area (TPSA) is 55.4 Å². The Labute approximate surface area is 129 Å². The summed E-state index contributed by atoms with van der Waals surface area (Å²) in [5.74, 6) is 0.135. The van der Waals surface area contributed by atoms with Crippen molar-refractivity contribution in [1.29, 1.82) is 0 Å². The van der Waals surface area contributed by atoms with E-state index in [1.54, 1.807) is 0 Å². The molecule has 0 bridgehead atoms. The van der Waals surface area contributed by atoms with Gasteiger partial charge in [0.2, 0.25) is 0 Å². The van der Waals surface area contributed by atoms with Crippen molar-refractivity contribution in [2.75, 3.05) is 6.61 Å². The van der Waals surface area contributed by atoms with E-state index in [2.05, 4.69) is 12.2 Å². The van der Waals surface area contributed by atoms with Gasteiger partial charge in [-0.15, -0.1) is 0 Å². The summed E-state index contributed by atoms with van der Waals surface area (Å²) < 4.78 is 5.55. The second kappa shape index (κ2) is 7.39. The minimum absolute atomic E-state index is 0.00628. The fraction of sp³-hybridized carbons (Fsp3) is 0.882. The third kappa shape index (κ3) is 5.10. The molecule has 0 spiro atoms. The number of ketones is 1. The molecule has 122 valence electrons. The molecule has 0 radical (unpaired) electrons. The van der Waals surface area contributed by atoms with Crippen molar-refractivity contribution in [3.8, 4) is 0 Å². The van der Waals surface area contributed by atoms with E-state index in [0.29, 0.717) is 19.4 Å². The van der Waals surface area contributed by atoms with Gasteiger partial charge in [0.05, 0.1) is 17.0 Å². The number of carbonyl (C=O) groups is 2. The van der Waals surface area contributed by atoms with Crippen LogP contribution in [-0.4, -0.2) is 29.4 Å². The first-order chi connectivity index (χ1) is 9.74. The quantitative estimate of drug-likeness (QED) is 0.733. The van der Waals surface area contributed by atoms with Crippen LogP contribution in [0.5, 0.6) is 0 Å². The smallest absolute Gasteiger partial charge is 0.308 e. The van der Waals surface area contributed by atoms with Crippen LogP contribution in [0.25, 0.3) is 0 Å². The molecule has 0 saturated carbocycles. The molecule has 1 N–H and O–H groups in total. The summed E-state index contributed by atoms with van der Waals surface area (Å²) in [6.07, 6.45) is 5.15. The van der Waals surface area contributed by atoms with E-state index in [1.807, 2.05) is 27.7 Å². The third-order valence-electron chi connectivity index (χ3n) is 4.48. The highest BCUT2D eigenvalue weighted by atomic mass is 16.5. The lowest BCUT2D eigenvalue weighted by Crippen LogP contribution is -2.63. The van der Waals surface area contributed by atoms with Crippen LogP contribution < -0.4 is 5.32 Å². The Balaban J connectivity index is 2.53. The van der Waals surface area contributed by atoms with Gasteiger partial charge in [-0.2, -0.15) is 0 Å². The van der Waals surface area contributed by atoms with Crippen LogP contribution >= 0.6 is 0 Å². The lowest BCUT2D eigenvalue weighted by Gasteiger charge is -2.43. The first-order valence-electron chi connectivity index (χ1n) is 8.23. The van der Waals surface area contributed by atoms with E-state index in [1.165, 1.54) is 0 Å². The Morgan fingerprint density at radius 2 is 2.00 bits per heavy atom. The van der Waals surface area contributed by atoms with E-state index in [4.69, 9.17) is 4.74 Å². The average Bonchev–Trinajstić information content (AvgIpc) is 2.42. The monoisotopic (exact) mass is 297 g/mol. The maximum atomic E-state index is 12.2. The maximum Gasteiger partial charge on any atom is 0.308 e. The van der Waals surface area contributed by atoms with E-state index >= 15 is 0 Å². The number of piperidine rings is 1. The van der Waals surface area contributed by atoms with Crippen LogP contribution in [-0.2, 0) is 14.3 Å². The minimum atomic E-state index is -0.536. The number of hydrogen-bond acceptors (Lipinski definition) is 4. The van der Waals surface area contributed by atoms with Crippen molar-refractivity contribution in [1.82, 2.24) is 5.32 Å². The van der Waals surface area contributed by atoms with E-state index in [-0.39, 0.29) is 23.2 Å². The highest BCUT2D eigenvalue weighted by Crippen LogP contribution is 2.27. The molecule has 1 fully saturated rings. The molecule has 0 aliphatic carbocycles. The first-order valence-corrected chi connectivity index (χ1v) is 8.23. The van der Waals surface area contributed by atoms with Crippen LogP contribution in [0, 0.1) is 5.92 Å². The van der Waals surface area contributed by atoms with Gasteiger partial charge < -0.3 is 4.74 Å². The molecule has 21 heavy (non-hydrogen) atoms. The first kappa shape index (κ1) is 18.1. The van der Waals surface area contributed by atoms with Crippen LogP contribution in [0.2, 0.25) is 0 Å². The largest absolute Gasteiger partial charge is 0.464 e. The molecule has 1 heterocycles. The van der Waals surface area contributed by atoms with E-state index in [0.717, 1.165) is 25.7 Å². The predicted molar refractivity (Wildman–Crippen MR) is 84.1 cm³/mol. The molecule has 4 nitrogen and oxygen atoms in total. The standard InChI is InChI=1S/C17H31NO3/c1-6-8-9-13(7-2)15(20)21-12-17(5)11-10-14(19)16(3,4)18-17/h13,18H,6-12H2,1-5H3. The molecule has 1 aliphatic rings. The van der Waals surface area contributed by atoms with Gasteiger partial charge in [0, 0.05) is 6.42 Å². The van der Waals surface area contributed by atoms with Crippen molar-refractivity contribution in [3.63, 3.8) is 0 Å². The molecule has 0 aromatic carbocycles. The zero-order chi connectivity index (χ0) is 16.1. The molecule has 0 aromatic heterocycles. The lowest BCUT2D eigenvalue weighted by molar-refractivity contribution is -0.152. The zero-order valence-electron chi connectivity index (χ0n) is 14.3. The zero-order valence-corrected chi connectivity index (χ0v) is 14.3. The summed E-state index contributed by atoms with van der Waals surface area (Å²) in [6, 6.07) is 0. The minimum Gasteiger partial charge on any atom is -0.464 e. The predicted octanol–water partition coefficient (Wildman–Crippen LogP) is 3.24. The molecule has 0 amide bonds. The summed E-state index contributed by atoms with van der Waals surface area (Å²) in [4.78, 5) is 24.0. The Bertz CT molecular complexity index is 378. The van der Waals surface area contributed by atoms with Gasteiger partial charge >= 0.3 is 5.97 Å². The number of rotatable bonds is 7. The van der Waals surface area contributed by atoms with E-state index < -0.39 is 5.54 Å². The Kier molecular flexibility index (Phi) is 6.39. The van der Waals surface area contributed by atoms with Gasteiger partial charge in [-0.25, -0.2) is 0 Å². The van der Waals surface area contributed by atoms with Crippen molar-refractivity contribution < 1.29 is 14.3 Å². The SMILES string of the molecule is CCCCC(CC)C(=O)OCC1(C)CCC(=O)C(C)(C)N1. The highest BCUT2D eigenvalue weighted by Gasteiger charge is 2.42. The number of ether oxygens (including phenoxy) is 1. The van der Waals surface area contributed by atoms with Crippen LogP contribution in [0.1, 0.15) is 73.1 Å². The summed E-state index contributed by atoms with van der Waals surface area (Å²) in [6.45, 7) is 10.3. The number of unbranched alkanes of at least 4 members (excludes halogenated alkanes) is 1. The van der Waals surface area contributed by atoms with Gasteiger partial charge in [-0.3, -0.25) is 14.9 Å². The molecule has 1 saturated heterocycles. The fourth-order valence-electron chi connectivity index (χ4n) is 2.98. The third-order valence-corrected chi connectivity index (χ3v) is 4.48. The van der Waals surface area contributed by atoms with Gasteiger partial charge in [-0.05, 0) is 40.0 Å². The van der Waals surface area contributed by atoms with Crippen LogP contribution in [0.15, 0.2) is 0 Å². The number of hydrogen-bond donors (Lipinski definition) is 1. The van der Waals surface area contributed by atoms with Crippen molar-refractivity contribution in [2.24, 2.45) is 5.92 Å². The second-order valence-corrected chi connectivity index (χ2v) is 7.09. The van der Waals surface area contributed by atoms with Gasteiger partial charge in [0.15, 0.2) is 5.78 Å². The molecular formula is C17H31NO3. The number of Topliss-reactive ketones (excluding diaryl/α,β-unsaturated/α-hetero) is 1. The number of nitrogens with one attached hydrogen (secondary N) is 1. The van der Waals surface area contributed by atoms with Gasteiger partial charge in [0.1, 0.15) is 6.61 Å². The summed E-state index contributed by atoms with van der Waals surface area (Å²) in [5, 5.41) is 3.35.